The molecule has 2 aromatic carbocycles. The van der Waals surface area contributed by atoms with E-state index in [1.54, 1.807) is 24.3 Å². The van der Waals surface area contributed by atoms with Gasteiger partial charge in [-0.25, -0.2) is 9.50 Å². The van der Waals surface area contributed by atoms with Crippen LogP contribution in [-0.2, 0) is 18.9 Å². The molecule has 0 saturated heterocycles. The molecule has 13 heteroatoms. The van der Waals surface area contributed by atoms with Crippen molar-refractivity contribution in [3.8, 4) is 11.3 Å². The fourth-order valence-corrected chi connectivity index (χ4v) is 4.26. The second-order valence-corrected chi connectivity index (χ2v) is 9.67. The summed E-state index contributed by atoms with van der Waals surface area (Å²) >= 11 is 0. The van der Waals surface area contributed by atoms with E-state index in [-0.39, 0.29) is 35.1 Å². The lowest BCUT2D eigenvalue weighted by molar-refractivity contribution is -0.142. The molecule has 0 unspecified atom stereocenters. The summed E-state index contributed by atoms with van der Waals surface area (Å²) in [5, 5.41) is 10.4. The van der Waals surface area contributed by atoms with Crippen LogP contribution < -0.4 is 5.32 Å². The Kier molecular flexibility index (Phi) is 7.05. The first kappa shape index (κ1) is 27.9. The summed E-state index contributed by atoms with van der Waals surface area (Å²) in [6.07, 6.45) is -5.62. The molecule has 0 fully saturated rings. The van der Waals surface area contributed by atoms with Crippen LogP contribution in [0.3, 0.4) is 0 Å². The van der Waals surface area contributed by atoms with Gasteiger partial charge < -0.3 is 5.32 Å². The summed E-state index contributed by atoms with van der Waals surface area (Å²) in [5.74, 6) is -0.559. The van der Waals surface area contributed by atoms with Crippen molar-refractivity contribution < 1.29 is 31.1 Å². The van der Waals surface area contributed by atoms with Crippen molar-refractivity contribution in [1.29, 1.82) is 0 Å². The van der Waals surface area contributed by atoms with Gasteiger partial charge in [0.05, 0.1) is 35.9 Å². The Labute approximate surface area is 229 Å². The van der Waals surface area contributed by atoms with Gasteiger partial charge in [0.15, 0.2) is 11.3 Å². The van der Waals surface area contributed by atoms with Gasteiger partial charge in [-0.1, -0.05) is 50.2 Å². The van der Waals surface area contributed by atoms with E-state index >= 15 is 0 Å². The number of benzene rings is 2. The predicted molar refractivity (Wildman–Crippen MR) is 138 cm³/mol. The number of nitrogens with one attached hydrogen (secondary N) is 1. The second kappa shape index (κ2) is 10.4. The zero-order valence-electron chi connectivity index (χ0n) is 21.6. The van der Waals surface area contributed by atoms with E-state index in [1.165, 1.54) is 29.2 Å². The van der Waals surface area contributed by atoms with E-state index in [0.29, 0.717) is 15.6 Å². The number of aromatic nitrogens is 5. The van der Waals surface area contributed by atoms with E-state index < -0.39 is 29.5 Å². The first-order valence-electron chi connectivity index (χ1n) is 12.4. The monoisotopic (exact) mass is 572 g/mol. The number of rotatable bonds is 6. The third kappa shape index (κ3) is 5.93. The highest BCUT2D eigenvalue weighted by molar-refractivity contribution is 6.08. The largest absolute Gasteiger partial charge is 0.433 e. The molecule has 1 N–H and O–H groups in total. The molecule has 0 aliphatic carbocycles. The highest BCUT2D eigenvalue weighted by atomic mass is 19.4. The molecule has 0 bridgehead atoms. The van der Waals surface area contributed by atoms with Crippen molar-refractivity contribution in [1.82, 2.24) is 24.4 Å². The third-order valence-corrected chi connectivity index (χ3v) is 6.37. The normalized spacial score (nSPS) is 12.3. The number of carbonyl (C=O) groups excluding carboxylic acids is 1. The number of alkyl halides is 6. The van der Waals surface area contributed by atoms with E-state index in [0.717, 1.165) is 30.0 Å². The van der Waals surface area contributed by atoms with Crippen LogP contribution in [0.15, 0.2) is 73.2 Å². The molecule has 0 radical (unpaired) electrons. The Morgan fingerprint density at radius 1 is 0.927 bits per heavy atom. The molecule has 0 spiro atoms. The molecule has 212 valence electrons. The van der Waals surface area contributed by atoms with Gasteiger partial charge >= 0.3 is 12.4 Å². The van der Waals surface area contributed by atoms with Gasteiger partial charge in [0.25, 0.3) is 5.91 Å². The third-order valence-electron chi connectivity index (χ3n) is 6.37. The average molecular weight is 573 g/mol. The van der Waals surface area contributed by atoms with Gasteiger partial charge in [0.1, 0.15) is 5.56 Å². The van der Waals surface area contributed by atoms with E-state index in [9.17, 15) is 31.1 Å². The van der Waals surface area contributed by atoms with Gasteiger partial charge in [-0.2, -0.15) is 36.5 Å². The average Bonchev–Trinajstić information content (AvgIpc) is 3.54. The SMILES string of the molecule is CC(C)c1ccc(-c2cc(C(F)(F)F)n3ncc(C(=O)Nc4cnn(Cc5cccc(C(F)(F)F)c5)c4)c3n2)cc1. The maximum Gasteiger partial charge on any atom is 0.433 e. The van der Waals surface area contributed by atoms with Crippen molar-refractivity contribution in [2.24, 2.45) is 0 Å². The number of anilines is 1. The van der Waals surface area contributed by atoms with Crippen LogP contribution >= 0.6 is 0 Å². The minimum Gasteiger partial charge on any atom is -0.319 e. The van der Waals surface area contributed by atoms with Crippen LogP contribution in [0, 0.1) is 0 Å². The fraction of sp³-hybridized carbons (Fsp3) is 0.214. The van der Waals surface area contributed by atoms with Crippen molar-refractivity contribution in [3.05, 3.63) is 101 Å². The second-order valence-electron chi connectivity index (χ2n) is 9.67. The maximum atomic E-state index is 14.0. The number of nitrogens with zero attached hydrogens (tertiary/aromatic N) is 5. The Morgan fingerprint density at radius 2 is 1.66 bits per heavy atom. The van der Waals surface area contributed by atoms with Gasteiger partial charge in [-0.05, 0) is 35.2 Å². The van der Waals surface area contributed by atoms with Gasteiger partial charge in [0, 0.05) is 11.8 Å². The Bertz CT molecular complexity index is 1720. The zero-order chi connectivity index (χ0) is 29.5. The lowest BCUT2D eigenvalue weighted by Gasteiger charge is -2.12. The molecular formula is C28H22F6N6O. The molecule has 3 heterocycles. The molecule has 7 nitrogen and oxygen atoms in total. The lowest BCUT2D eigenvalue weighted by Crippen LogP contribution is -2.15. The molecular weight excluding hydrogens is 550 g/mol. The first-order chi connectivity index (χ1) is 19.3. The fourth-order valence-electron chi connectivity index (χ4n) is 4.26. The summed E-state index contributed by atoms with van der Waals surface area (Å²) in [5.41, 5.74) is -0.432. The lowest BCUT2D eigenvalue weighted by atomic mass is 10.0. The summed E-state index contributed by atoms with van der Waals surface area (Å²) in [4.78, 5) is 17.4. The van der Waals surface area contributed by atoms with Crippen LogP contribution in [-0.4, -0.2) is 30.3 Å². The smallest absolute Gasteiger partial charge is 0.319 e. The number of hydrogen-bond acceptors (Lipinski definition) is 4. The van der Waals surface area contributed by atoms with Gasteiger partial charge in [-0.3, -0.25) is 9.48 Å². The van der Waals surface area contributed by atoms with Crippen molar-refractivity contribution in [2.75, 3.05) is 5.32 Å². The number of hydrogen-bond donors (Lipinski definition) is 1. The molecule has 5 rings (SSSR count). The highest BCUT2D eigenvalue weighted by Crippen LogP contribution is 2.33. The summed E-state index contributed by atoms with van der Waals surface area (Å²) in [6, 6.07) is 12.6. The van der Waals surface area contributed by atoms with Crippen molar-refractivity contribution in [3.63, 3.8) is 0 Å². The molecule has 0 saturated carbocycles. The van der Waals surface area contributed by atoms with Crippen molar-refractivity contribution in [2.45, 2.75) is 38.7 Å². The molecule has 5 aromatic rings. The van der Waals surface area contributed by atoms with Gasteiger partial charge in [-0.15, -0.1) is 0 Å². The first-order valence-corrected chi connectivity index (χ1v) is 12.4. The van der Waals surface area contributed by atoms with Crippen LogP contribution in [0.5, 0.6) is 0 Å². The Morgan fingerprint density at radius 3 is 2.32 bits per heavy atom. The summed E-state index contributed by atoms with van der Waals surface area (Å²) in [6.45, 7) is 3.98. The minimum absolute atomic E-state index is 0.00797. The Balaban J connectivity index is 1.43. The van der Waals surface area contributed by atoms with Crippen LogP contribution in [0.25, 0.3) is 16.9 Å². The molecule has 41 heavy (non-hydrogen) atoms. The van der Waals surface area contributed by atoms with Crippen LogP contribution in [0.1, 0.15) is 52.5 Å². The van der Waals surface area contributed by atoms with E-state index in [2.05, 4.69) is 20.5 Å². The zero-order valence-corrected chi connectivity index (χ0v) is 21.6. The quantitative estimate of drug-likeness (QED) is 0.221. The number of amides is 1. The molecule has 0 aliphatic rings. The maximum absolute atomic E-state index is 14.0. The minimum atomic E-state index is -4.78. The number of carbonyl (C=O) groups is 1. The standard InChI is InChI=1S/C28H22F6N6O/c1-16(2)18-6-8-19(9-7-18)23-11-24(28(32,33)34)40-25(38-23)22(13-36-40)26(41)37-21-12-35-39(15-21)14-17-4-3-5-20(10-17)27(29,30)31/h3-13,15-16H,14H2,1-2H3,(H,37,41). The number of halogens is 6. The topological polar surface area (TPSA) is 77.1 Å². The summed E-state index contributed by atoms with van der Waals surface area (Å²) < 4.78 is 82.8. The van der Waals surface area contributed by atoms with E-state index in [4.69, 9.17) is 0 Å². The summed E-state index contributed by atoms with van der Waals surface area (Å²) in [7, 11) is 0. The van der Waals surface area contributed by atoms with Crippen LogP contribution in [0.2, 0.25) is 0 Å². The predicted octanol–water partition coefficient (Wildman–Crippen LogP) is 7.05. The molecule has 1 amide bonds. The van der Waals surface area contributed by atoms with E-state index in [1.807, 2.05) is 13.8 Å². The van der Waals surface area contributed by atoms with Crippen LogP contribution in [0.4, 0.5) is 32.0 Å². The molecule has 3 aromatic heterocycles. The molecule has 0 aliphatic heterocycles. The number of fused-ring (bicyclic) bond motifs is 1. The Hall–Kier alpha value is -4.68. The van der Waals surface area contributed by atoms with Gasteiger partial charge in [0.2, 0.25) is 0 Å². The van der Waals surface area contributed by atoms with Crippen molar-refractivity contribution >= 4 is 17.2 Å². The highest BCUT2D eigenvalue weighted by Gasteiger charge is 2.36. The molecule has 0 atom stereocenters.